The Morgan fingerprint density at radius 2 is 1.76 bits per heavy atom. The molecule has 0 saturated carbocycles. The summed E-state index contributed by atoms with van der Waals surface area (Å²) in [6.45, 7) is 8.77. The normalized spacial score (nSPS) is 16.1. The van der Waals surface area contributed by atoms with Crippen molar-refractivity contribution in [3.63, 3.8) is 0 Å². The van der Waals surface area contributed by atoms with E-state index in [0.29, 0.717) is 40.9 Å². The van der Waals surface area contributed by atoms with E-state index in [-0.39, 0.29) is 24.8 Å². The van der Waals surface area contributed by atoms with Gasteiger partial charge in [-0.25, -0.2) is 4.79 Å². The molecule has 0 spiro atoms. The van der Waals surface area contributed by atoms with Crippen LogP contribution in [0.25, 0.3) is 0 Å². The second-order valence-electron chi connectivity index (χ2n) is 8.81. The molecule has 180 valence electrons. The van der Waals surface area contributed by atoms with Crippen LogP contribution in [0.1, 0.15) is 61.5 Å². The number of nitrogens with zero attached hydrogens (tertiary/aromatic N) is 1. The molecule has 2 aromatic rings. The maximum absolute atomic E-state index is 13.2. The van der Waals surface area contributed by atoms with E-state index in [4.69, 9.17) is 16.3 Å². The highest BCUT2D eigenvalue weighted by molar-refractivity contribution is 6.30. The number of amides is 2. The Balaban J connectivity index is 1.86. The first-order valence-corrected chi connectivity index (χ1v) is 11.9. The van der Waals surface area contributed by atoms with Gasteiger partial charge in [0.15, 0.2) is 0 Å². The van der Waals surface area contributed by atoms with E-state index < -0.39 is 11.9 Å². The summed E-state index contributed by atoms with van der Waals surface area (Å²) in [5.74, 6) is -0.653. The van der Waals surface area contributed by atoms with Crippen LogP contribution < -0.4 is 5.32 Å². The third-order valence-electron chi connectivity index (χ3n) is 5.82. The molecule has 2 aromatic carbocycles. The van der Waals surface area contributed by atoms with Crippen LogP contribution in [0.3, 0.4) is 0 Å². The molecule has 1 heterocycles. The molecule has 34 heavy (non-hydrogen) atoms. The molecule has 1 unspecified atom stereocenters. The van der Waals surface area contributed by atoms with Crippen LogP contribution in [0.2, 0.25) is 5.02 Å². The average molecular weight is 483 g/mol. The summed E-state index contributed by atoms with van der Waals surface area (Å²) in [5.41, 5.74) is 3.33. The summed E-state index contributed by atoms with van der Waals surface area (Å²) in [6.07, 6.45) is 0.156. The molecule has 1 aliphatic heterocycles. The van der Waals surface area contributed by atoms with Gasteiger partial charge in [-0.05, 0) is 55.2 Å². The highest BCUT2D eigenvalue weighted by atomic mass is 35.5. The lowest BCUT2D eigenvalue weighted by Crippen LogP contribution is -2.38. The van der Waals surface area contributed by atoms with E-state index >= 15 is 0 Å². The van der Waals surface area contributed by atoms with Gasteiger partial charge >= 0.3 is 5.97 Å². The Hall–Kier alpha value is -3.12. The van der Waals surface area contributed by atoms with Crippen LogP contribution in [0.15, 0.2) is 59.8 Å². The van der Waals surface area contributed by atoms with E-state index in [1.165, 1.54) is 0 Å². The Bertz CT molecular complexity index is 1070. The number of carbonyl (C=O) groups is 3. The summed E-state index contributed by atoms with van der Waals surface area (Å²) in [7, 11) is 0. The smallest absolute Gasteiger partial charge is 0.336 e. The second kappa shape index (κ2) is 11.3. The Labute approximate surface area is 205 Å². The molecule has 0 aliphatic carbocycles. The molecule has 1 N–H and O–H groups in total. The number of rotatable bonds is 8. The highest BCUT2D eigenvalue weighted by Gasteiger charge is 2.36. The van der Waals surface area contributed by atoms with Crippen molar-refractivity contribution in [2.24, 2.45) is 5.92 Å². The number of halogens is 1. The van der Waals surface area contributed by atoms with Crippen LogP contribution in [0.4, 0.5) is 0 Å². The summed E-state index contributed by atoms with van der Waals surface area (Å²) in [4.78, 5) is 40.0. The Morgan fingerprint density at radius 3 is 2.35 bits per heavy atom. The van der Waals surface area contributed by atoms with Crippen molar-refractivity contribution in [3.8, 4) is 0 Å². The van der Waals surface area contributed by atoms with Gasteiger partial charge in [0.05, 0.1) is 18.7 Å². The quantitative estimate of drug-likeness (QED) is 0.532. The van der Waals surface area contributed by atoms with Gasteiger partial charge in [-0.2, -0.15) is 0 Å². The van der Waals surface area contributed by atoms with E-state index in [0.717, 1.165) is 11.1 Å². The van der Waals surface area contributed by atoms with E-state index in [1.807, 2.05) is 38.1 Å². The molecule has 0 saturated heterocycles. The fourth-order valence-electron chi connectivity index (χ4n) is 4.00. The first kappa shape index (κ1) is 25.5. The lowest BCUT2D eigenvalue weighted by Gasteiger charge is -2.34. The maximum Gasteiger partial charge on any atom is 0.336 e. The molecule has 7 heteroatoms. The largest absolute Gasteiger partial charge is 0.463 e. The zero-order valence-corrected chi connectivity index (χ0v) is 20.8. The minimum Gasteiger partial charge on any atom is -0.463 e. The van der Waals surface area contributed by atoms with Crippen LogP contribution in [0, 0.1) is 5.92 Å². The van der Waals surface area contributed by atoms with Crippen LogP contribution >= 0.6 is 11.6 Å². The van der Waals surface area contributed by atoms with E-state index in [1.54, 1.807) is 43.0 Å². The van der Waals surface area contributed by atoms with Gasteiger partial charge in [-0.3, -0.25) is 9.59 Å². The van der Waals surface area contributed by atoms with Crippen molar-refractivity contribution in [1.29, 1.82) is 0 Å². The van der Waals surface area contributed by atoms with E-state index in [2.05, 4.69) is 5.32 Å². The number of hydrogen-bond acceptors (Lipinski definition) is 4. The summed E-state index contributed by atoms with van der Waals surface area (Å²) in [6, 6.07) is 14.4. The molecule has 1 atom stereocenters. The summed E-state index contributed by atoms with van der Waals surface area (Å²) >= 11 is 6.03. The van der Waals surface area contributed by atoms with Gasteiger partial charge in [-0.1, -0.05) is 49.7 Å². The first-order valence-electron chi connectivity index (χ1n) is 11.5. The topological polar surface area (TPSA) is 75.7 Å². The molecule has 0 radical (unpaired) electrons. The van der Waals surface area contributed by atoms with Crippen molar-refractivity contribution >= 4 is 29.4 Å². The van der Waals surface area contributed by atoms with Crippen molar-refractivity contribution in [2.45, 2.75) is 46.6 Å². The van der Waals surface area contributed by atoms with Crippen LogP contribution in [-0.4, -0.2) is 35.8 Å². The highest BCUT2D eigenvalue weighted by Crippen LogP contribution is 2.38. The molecule has 1 aliphatic rings. The number of carbonyl (C=O) groups excluding carboxylic acids is 3. The van der Waals surface area contributed by atoms with Gasteiger partial charge in [0.1, 0.15) is 0 Å². The fraction of sp³-hybridized carbons (Fsp3) is 0.370. The Kier molecular flexibility index (Phi) is 8.51. The van der Waals surface area contributed by atoms with Gasteiger partial charge in [0.25, 0.3) is 5.91 Å². The number of nitrogens with one attached hydrogen (secondary N) is 1. The number of esters is 1. The average Bonchev–Trinajstić information content (AvgIpc) is 2.80. The lowest BCUT2D eigenvalue weighted by atomic mass is 9.83. The maximum atomic E-state index is 13.2. The standard InChI is InChI=1S/C27H31ClN2O4/c1-5-34-27(33)25-18(4)30(24(31)14-23(25)20-10-12-22(28)13-11-20)16-19-6-8-21(9-7-19)26(32)29-15-17(2)3/h6-13,17,23H,5,14-16H2,1-4H3,(H,29,32). The lowest BCUT2D eigenvalue weighted by molar-refractivity contribution is -0.140. The number of benzene rings is 2. The molecule has 3 rings (SSSR count). The van der Waals surface area contributed by atoms with Gasteiger partial charge in [-0.15, -0.1) is 0 Å². The molecule has 0 bridgehead atoms. The number of ether oxygens (including phenoxy) is 1. The van der Waals surface area contributed by atoms with Crippen molar-refractivity contribution in [3.05, 3.63) is 81.5 Å². The van der Waals surface area contributed by atoms with Crippen molar-refractivity contribution < 1.29 is 19.1 Å². The zero-order valence-electron chi connectivity index (χ0n) is 20.1. The summed E-state index contributed by atoms with van der Waals surface area (Å²) in [5, 5.41) is 3.49. The van der Waals surface area contributed by atoms with Crippen LogP contribution in [0.5, 0.6) is 0 Å². The number of allylic oxidation sites excluding steroid dienone is 1. The van der Waals surface area contributed by atoms with Crippen LogP contribution in [-0.2, 0) is 20.9 Å². The minimum atomic E-state index is -0.422. The fourth-order valence-corrected chi connectivity index (χ4v) is 4.13. The predicted octanol–water partition coefficient (Wildman–Crippen LogP) is 5.08. The monoisotopic (exact) mass is 482 g/mol. The van der Waals surface area contributed by atoms with Gasteiger partial charge in [0.2, 0.25) is 5.91 Å². The Morgan fingerprint density at radius 1 is 1.12 bits per heavy atom. The third kappa shape index (κ3) is 6.06. The molecular weight excluding hydrogens is 452 g/mol. The second-order valence-corrected chi connectivity index (χ2v) is 9.24. The van der Waals surface area contributed by atoms with Crippen molar-refractivity contribution in [2.75, 3.05) is 13.2 Å². The first-order chi connectivity index (χ1) is 16.2. The molecule has 0 fully saturated rings. The summed E-state index contributed by atoms with van der Waals surface area (Å²) < 4.78 is 5.34. The third-order valence-corrected chi connectivity index (χ3v) is 6.07. The molecular formula is C27H31ClN2O4. The number of hydrogen-bond donors (Lipinski definition) is 1. The zero-order chi connectivity index (χ0) is 24.8. The SMILES string of the molecule is CCOC(=O)C1=C(C)N(Cc2ccc(C(=O)NCC(C)C)cc2)C(=O)CC1c1ccc(Cl)cc1. The van der Waals surface area contributed by atoms with Gasteiger partial charge < -0.3 is 15.0 Å². The molecule has 6 nitrogen and oxygen atoms in total. The predicted molar refractivity (Wildman–Crippen MR) is 132 cm³/mol. The molecule has 2 amide bonds. The minimum absolute atomic E-state index is 0.0794. The van der Waals surface area contributed by atoms with E-state index in [9.17, 15) is 14.4 Å². The van der Waals surface area contributed by atoms with Gasteiger partial charge in [0, 0.05) is 35.2 Å². The molecule has 0 aromatic heterocycles. The van der Waals surface area contributed by atoms with Crippen molar-refractivity contribution in [1.82, 2.24) is 10.2 Å².